The first-order valence-corrected chi connectivity index (χ1v) is 8.25. The van der Waals surface area contributed by atoms with Crippen LogP contribution in [0.5, 0.6) is 0 Å². The molecule has 2 rings (SSSR count). The third-order valence-corrected chi connectivity index (χ3v) is 3.78. The van der Waals surface area contributed by atoms with Gasteiger partial charge in [-0.2, -0.15) is 0 Å². The van der Waals surface area contributed by atoms with Gasteiger partial charge in [-0.15, -0.1) is 0 Å². The lowest BCUT2D eigenvalue weighted by molar-refractivity contribution is -0.122. The smallest absolute Gasteiger partial charge is 0.234 e. The number of rotatable bonds is 9. The number of nitrogens with one attached hydrogen (secondary N) is 1. The van der Waals surface area contributed by atoms with Gasteiger partial charge in [0.2, 0.25) is 5.91 Å². The molecule has 4 nitrogen and oxygen atoms in total. The van der Waals surface area contributed by atoms with Crippen molar-refractivity contribution >= 4 is 5.91 Å². The summed E-state index contributed by atoms with van der Waals surface area (Å²) >= 11 is 0. The maximum atomic E-state index is 13.1. The lowest BCUT2D eigenvalue weighted by Gasteiger charge is -2.21. The molecule has 0 aromatic heterocycles. The summed E-state index contributed by atoms with van der Waals surface area (Å²) in [4.78, 5) is 14.1. The lowest BCUT2D eigenvalue weighted by atomic mass is 10.1. The normalized spacial score (nSPS) is 10.9. The highest BCUT2D eigenvalue weighted by molar-refractivity contribution is 5.78. The van der Waals surface area contributed by atoms with E-state index in [9.17, 15) is 13.6 Å². The zero-order chi connectivity index (χ0) is 18.1. The van der Waals surface area contributed by atoms with E-state index in [4.69, 9.17) is 5.73 Å². The summed E-state index contributed by atoms with van der Waals surface area (Å²) in [6, 6.07) is 13.2. The number of nitrogens with two attached hydrogens (primary N) is 1. The Morgan fingerprint density at radius 1 is 1.00 bits per heavy atom. The van der Waals surface area contributed by atoms with Crippen LogP contribution in [0, 0.1) is 11.6 Å². The van der Waals surface area contributed by atoms with Gasteiger partial charge in [0.05, 0.1) is 6.54 Å². The van der Waals surface area contributed by atoms with Crippen LogP contribution in [-0.2, 0) is 17.8 Å². The van der Waals surface area contributed by atoms with E-state index in [1.807, 2.05) is 35.2 Å². The van der Waals surface area contributed by atoms with Gasteiger partial charge < -0.3 is 11.1 Å². The van der Waals surface area contributed by atoms with Gasteiger partial charge in [0.15, 0.2) is 0 Å². The Morgan fingerprint density at radius 3 is 2.32 bits per heavy atom. The zero-order valence-corrected chi connectivity index (χ0v) is 14.1. The van der Waals surface area contributed by atoms with Gasteiger partial charge in [0.1, 0.15) is 11.6 Å². The second kappa shape index (κ2) is 9.86. The van der Waals surface area contributed by atoms with Crippen molar-refractivity contribution in [3.05, 3.63) is 71.3 Å². The number of hydrogen-bond acceptors (Lipinski definition) is 3. The molecule has 2 aromatic rings. The quantitative estimate of drug-likeness (QED) is 0.730. The van der Waals surface area contributed by atoms with Crippen molar-refractivity contribution in [1.82, 2.24) is 10.2 Å². The maximum Gasteiger partial charge on any atom is 0.234 e. The molecular weight excluding hydrogens is 324 g/mol. The second-order valence-electron chi connectivity index (χ2n) is 5.85. The van der Waals surface area contributed by atoms with Crippen LogP contribution in [-0.4, -0.2) is 37.0 Å². The number of halogens is 2. The van der Waals surface area contributed by atoms with Gasteiger partial charge in [0.25, 0.3) is 0 Å². The Morgan fingerprint density at radius 2 is 1.68 bits per heavy atom. The minimum absolute atomic E-state index is 0.0860. The van der Waals surface area contributed by atoms with Crippen LogP contribution in [0.15, 0.2) is 48.5 Å². The molecule has 0 saturated carbocycles. The van der Waals surface area contributed by atoms with E-state index in [0.29, 0.717) is 25.2 Å². The molecule has 134 valence electrons. The molecule has 3 N–H and O–H groups in total. The molecule has 25 heavy (non-hydrogen) atoms. The van der Waals surface area contributed by atoms with Gasteiger partial charge in [-0.25, -0.2) is 8.78 Å². The fraction of sp³-hybridized carbons (Fsp3) is 0.316. The van der Waals surface area contributed by atoms with E-state index in [1.54, 1.807) is 0 Å². The molecule has 0 aliphatic rings. The van der Waals surface area contributed by atoms with E-state index < -0.39 is 11.6 Å². The van der Waals surface area contributed by atoms with Crippen molar-refractivity contribution in [3.63, 3.8) is 0 Å². The van der Waals surface area contributed by atoms with Crippen LogP contribution in [0.2, 0.25) is 0 Å². The summed E-state index contributed by atoms with van der Waals surface area (Å²) in [6.45, 7) is 2.06. The Bertz CT molecular complexity index is 659. The first-order valence-electron chi connectivity index (χ1n) is 8.25. The zero-order valence-electron chi connectivity index (χ0n) is 14.1. The van der Waals surface area contributed by atoms with Gasteiger partial charge >= 0.3 is 0 Å². The van der Waals surface area contributed by atoms with E-state index >= 15 is 0 Å². The van der Waals surface area contributed by atoms with E-state index in [-0.39, 0.29) is 19.0 Å². The molecule has 0 atom stereocenters. The molecule has 0 heterocycles. The number of benzene rings is 2. The molecule has 0 aliphatic carbocycles. The number of amides is 1. The molecule has 0 fully saturated rings. The standard InChI is InChI=1S/C19H23F2N3O/c20-17-10-16(11-18(21)12-17)13-23-19(25)14-24(9-7-22)8-6-15-4-2-1-3-5-15/h1-5,10-12H,6-9,13-14,22H2,(H,23,25). The van der Waals surface area contributed by atoms with Crippen molar-refractivity contribution in [2.75, 3.05) is 26.2 Å². The average Bonchev–Trinajstić information content (AvgIpc) is 2.58. The molecule has 0 aliphatic heterocycles. The molecule has 6 heteroatoms. The van der Waals surface area contributed by atoms with Crippen LogP contribution < -0.4 is 11.1 Å². The second-order valence-corrected chi connectivity index (χ2v) is 5.85. The first-order chi connectivity index (χ1) is 12.1. The SMILES string of the molecule is NCCN(CCc1ccccc1)CC(=O)NCc1cc(F)cc(F)c1. The Labute approximate surface area is 146 Å². The summed E-state index contributed by atoms with van der Waals surface area (Å²) in [6.07, 6.45) is 0.823. The fourth-order valence-corrected chi connectivity index (χ4v) is 2.56. The van der Waals surface area contributed by atoms with Crippen LogP contribution in [0.25, 0.3) is 0 Å². The Hall–Kier alpha value is -2.31. The van der Waals surface area contributed by atoms with E-state index in [1.165, 1.54) is 17.7 Å². The number of nitrogens with zero attached hydrogens (tertiary/aromatic N) is 1. The fourth-order valence-electron chi connectivity index (χ4n) is 2.56. The largest absolute Gasteiger partial charge is 0.351 e. The highest BCUT2D eigenvalue weighted by Gasteiger charge is 2.10. The number of carbonyl (C=O) groups excluding carboxylic acids is 1. The molecule has 0 saturated heterocycles. The third kappa shape index (κ3) is 6.99. The van der Waals surface area contributed by atoms with Gasteiger partial charge in [-0.05, 0) is 29.7 Å². The monoisotopic (exact) mass is 347 g/mol. The van der Waals surface area contributed by atoms with Crippen molar-refractivity contribution < 1.29 is 13.6 Å². The van der Waals surface area contributed by atoms with Crippen LogP contribution in [0.1, 0.15) is 11.1 Å². The summed E-state index contributed by atoms with van der Waals surface area (Å²) < 4.78 is 26.3. The van der Waals surface area contributed by atoms with Crippen molar-refractivity contribution in [2.24, 2.45) is 5.73 Å². The molecular formula is C19H23F2N3O. The van der Waals surface area contributed by atoms with Crippen LogP contribution in [0.3, 0.4) is 0 Å². The third-order valence-electron chi connectivity index (χ3n) is 3.78. The minimum Gasteiger partial charge on any atom is -0.351 e. The van der Waals surface area contributed by atoms with Gasteiger partial charge in [0, 0.05) is 32.2 Å². The summed E-state index contributed by atoms with van der Waals surface area (Å²) in [5, 5.41) is 2.69. The topological polar surface area (TPSA) is 58.4 Å². The molecule has 0 unspecified atom stereocenters. The predicted molar refractivity (Wildman–Crippen MR) is 93.8 cm³/mol. The van der Waals surface area contributed by atoms with Crippen molar-refractivity contribution in [2.45, 2.75) is 13.0 Å². The van der Waals surface area contributed by atoms with Crippen molar-refractivity contribution in [1.29, 1.82) is 0 Å². The van der Waals surface area contributed by atoms with Crippen LogP contribution in [0.4, 0.5) is 8.78 Å². The maximum absolute atomic E-state index is 13.1. The molecule has 1 amide bonds. The highest BCUT2D eigenvalue weighted by atomic mass is 19.1. The van der Waals surface area contributed by atoms with Gasteiger partial charge in [-0.3, -0.25) is 9.69 Å². The lowest BCUT2D eigenvalue weighted by Crippen LogP contribution is -2.40. The molecule has 0 bridgehead atoms. The van der Waals surface area contributed by atoms with Crippen molar-refractivity contribution in [3.8, 4) is 0 Å². The van der Waals surface area contributed by atoms with Gasteiger partial charge in [-0.1, -0.05) is 30.3 Å². The number of carbonyl (C=O) groups is 1. The summed E-state index contributed by atoms with van der Waals surface area (Å²) in [7, 11) is 0. The number of hydrogen-bond donors (Lipinski definition) is 2. The van der Waals surface area contributed by atoms with E-state index in [2.05, 4.69) is 5.32 Å². The Kier molecular flexibility index (Phi) is 7.50. The molecule has 0 spiro atoms. The summed E-state index contributed by atoms with van der Waals surface area (Å²) in [5.74, 6) is -1.51. The first kappa shape index (κ1) is 19.0. The van der Waals surface area contributed by atoms with E-state index in [0.717, 1.165) is 12.5 Å². The molecule has 0 radical (unpaired) electrons. The average molecular weight is 347 g/mol. The predicted octanol–water partition coefficient (Wildman–Crippen LogP) is 2.08. The molecule has 2 aromatic carbocycles. The minimum atomic E-state index is -0.656. The Balaban J connectivity index is 1.82. The van der Waals surface area contributed by atoms with Crippen LogP contribution >= 0.6 is 0 Å². The highest BCUT2D eigenvalue weighted by Crippen LogP contribution is 2.07. The summed E-state index contributed by atoms with van der Waals surface area (Å²) in [5.41, 5.74) is 7.20.